The SMILES string of the molecule is CC(OC(=O)C(N)C(C)O)OC(=O)N(C)C(C)Cc1ccc2c(c1)OCO2. The zero-order valence-electron chi connectivity index (χ0n) is 15.9. The first-order valence-corrected chi connectivity index (χ1v) is 8.65. The third kappa shape index (κ3) is 5.48. The van der Waals surface area contributed by atoms with Gasteiger partial charge in [-0.05, 0) is 38.0 Å². The second kappa shape index (κ2) is 8.92. The molecule has 27 heavy (non-hydrogen) atoms. The monoisotopic (exact) mass is 382 g/mol. The van der Waals surface area contributed by atoms with Crippen LogP contribution in [0.25, 0.3) is 0 Å². The van der Waals surface area contributed by atoms with Crippen molar-refractivity contribution in [2.75, 3.05) is 13.8 Å². The standard InChI is InChI=1S/C18H26N2O7/c1-10(7-13-5-6-14-15(8-13)25-9-24-14)20(4)18(23)27-12(3)26-17(22)16(19)11(2)21/h5-6,8,10-12,16,21H,7,9,19H2,1-4H3. The third-order valence-corrected chi connectivity index (χ3v) is 4.26. The normalized spacial score (nSPS) is 16.8. The summed E-state index contributed by atoms with van der Waals surface area (Å²) in [6, 6.07) is 4.23. The highest BCUT2D eigenvalue weighted by Crippen LogP contribution is 2.32. The van der Waals surface area contributed by atoms with Crippen LogP contribution in [0, 0.1) is 0 Å². The number of benzene rings is 1. The minimum Gasteiger partial charge on any atom is -0.454 e. The van der Waals surface area contributed by atoms with Crippen LogP contribution in [0.15, 0.2) is 18.2 Å². The van der Waals surface area contributed by atoms with Gasteiger partial charge in [0.05, 0.1) is 6.10 Å². The van der Waals surface area contributed by atoms with E-state index in [2.05, 4.69) is 0 Å². The molecule has 0 aromatic heterocycles. The van der Waals surface area contributed by atoms with Crippen LogP contribution in [0.3, 0.4) is 0 Å². The fourth-order valence-corrected chi connectivity index (χ4v) is 2.41. The molecule has 2 rings (SSSR count). The number of carbonyl (C=O) groups excluding carboxylic acids is 2. The van der Waals surface area contributed by atoms with Gasteiger partial charge >= 0.3 is 12.1 Å². The van der Waals surface area contributed by atoms with Gasteiger partial charge in [-0.1, -0.05) is 6.07 Å². The van der Waals surface area contributed by atoms with Gasteiger partial charge in [-0.15, -0.1) is 0 Å². The van der Waals surface area contributed by atoms with E-state index in [1.807, 2.05) is 25.1 Å². The summed E-state index contributed by atoms with van der Waals surface area (Å²) in [5.74, 6) is 0.534. The van der Waals surface area contributed by atoms with Crippen LogP contribution in [0.2, 0.25) is 0 Å². The molecule has 0 radical (unpaired) electrons. The zero-order valence-corrected chi connectivity index (χ0v) is 15.9. The van der Waals surface area contributed by atoms with Crippen LogP contribution in [-0.4, -0.2) is 60.4 Å². The number of rotatable bonds is 7. The van der Waals surface area contributed by atoms with Gasteiger partial charge in [0, 0.05) is 20.0 Å². The lowest BCUT2D eigenvalue weighted by atomic mass is 10.1. The van der Waals surface area contributed by atoms with Gasteiger partial charge in [-0.3, -0.25) is 4.79 Å². The Morgan fingerprint density at radius 2 is 1.89 bits per heavy atom. The molecule has 0 saturated heterocycles. The Balaban J connectivity index is 1.85. The van der Waals surface area contributed by atoms with Crippen LogP contribution in [0.4, 0.5) is 4.79 Å². The molecule has 1 heterocycles. The maximum atomic E-state index is 12.2. The lowest BCUT2D eigenvalue weighted by molar-refractivity contribution is -0.170. The topological polar surface area (TPSA) is 121 Å². The minimum atomic E-state index is -1.20. The molecule has 4 atom stereocenters. The molecule has 150 valence electrons. The summed E-state index contributed by atoms with van der Waals surface area (Å²) >= 11 is 0. The molecular formula is C18H26N2O7. The van der Waals surface area contributed by atoms with Crippen molar-refractivity contribution < 1.29 is 33.6 Å². The second-order valence-corrected chi connectivity index (χ2v) is 6.51. The molecule has 0 bridgehead atoms. The first kappa shape index (κ1) is 20.8. The molecule has 0 fully saturated rings. The van der Waals surface area contributed by atoms with E-state index in [1.165, 1.54) is 18.7 Å². The Hall–Kier alpha value is -2.52. The number of carbonyl (C=O) groups is 2. The molecule has 9 heteroatoms. The molecule has 1 aromatic carbocycles. The third-order valence-electron chi connectivity index (χ3n) is 4.26. The minimum absolute atomic E-state index is 0.180. The number of aliphatic hydroxyl groups excluding tert-OH is 1. The lowest BCUT2D eigenvalue weighted by Gasteiger charge is -2.26. The van der Waals surface area contributed by atoms with Crippen LogP contribution in [0.5, 0.6) is 11.5 Å². The molecule has 1 amide bonds. The quantitative estimate of drug-likeness (QED) is 0.529. The number of amides is 1. The molecule has 0 saturated carbocycles. The first-order valence-electron chi connectivity index (χ1n) is 8.65. The number of aliphatic hydroxyl groups is 1. The lowest BCUT2D eigenvalue weighted by Crippen LogP contribution is -2.44. The molecular weight excluding hydrogens is 356 g/mol. The highest BCUT2D eigenvalue weighted by Gasteiger charge is 2.26. The largest absolute Gasteiger partial charge is 0.454 e. The zero-order chi connectivity index (χ0) is 20.1. The molecule has 1 aliphatic heterocycles. The maximum absolute atomic E-state index is 12.2. The van der Waals surface area contributed by atoms with Crippen LogP contribution >= 0.6 is 0 Å². The van der Waals surface area contributed by atoms with Gasteiger partial charge in [-0.25, -0.2) is 4.79 Å². The van der Waals surface area contributed by atoms with Crippen molar-refractivity contribution in [3.63, 3.8) is 0 Å². The molecule has 0 spiro atoms. The highest BCUT2D eigenvalue weighted by atomic mass is 16.7. The molecule has 1 aromatic rings. The van der Waals surface area contributed by atoms with E-state index in [0.717, 1.165) is 5.56 Å². The Kier molecular flexibility index (Phi) is 6.86. The number of esters is 1. The summed E-state index contributed by atoms with van der Waals surface area (Å²) in [6.07, 6.45) is -2.27. The summed E-state index contributed by atoms with van der Waals surface area (Å²) < 4.78 is 20.7. The molecule has 0 aliphatic carbocycles. The molecule has 4 unspecified atom stereocenters. The Labute approximate surface area is 157 Å². The summed E-state index contributed by atoms with van der Waals surface area (Å²) in [5.41, 5.74) is 6.46. The maximum Gasteiger partial charge on any atom is 0.412 e. The number of nitrogens with two attached hydrogens (primary N) is 1. The van der Waals surface area contributed by atoms with Gasteiger partial charge in [0.15, 0.2) is 11.5 Å². The number of hydrogen-bond donors (Lipinski definition) is 2. The van der Waals surface area contributed by atoms with E-state index in [9.17, 15) is 14.7 Å². The van der Waals surface area contributed by atoms with Gasteiger partial charge in [0.2, 0.25) is 13.1 Å². The summed E-state index contributed by atoms with van der Waals surface area (Å²) in [6.45, 7) is 4.84. The summed E-state index contributed by atoms with van der Waals surface area (Å²) in [7, 11) is 1.59. The van der Waals surface area contributed by atoms with Gasteiger partial charge in [-0.2, -0.15) is 0 Å². The summed E-state index contributed by atoms with van der Waals surface area (Å²) in [5, 5.41) is 9.29. The number of hydrogen-bond acceptors (Lipinski definition) is 8. The smallest absolute Gasteiger partial charge is 0.412 e. The van der Waals surface area contributed by atoms with Gasteiger partial charge in [0.1, 0.15) is 6.04 Å². The van der Waals surface area contributed by atoms with Gasteiger partial charge < -0.3 is 34.7 Å². The first-order chi connectivity index (χ1) is 12.7. The van der Waals surface area contributed by atoms with Crippen molar-refractivity contribution in [1.29, 1.82) is 0 Å². The Morgan fingerprint density at radius 1 is 1.22 bits per heavy atom. The number of likely N-dealkylation sites (N-methyl/N-ethyl adjacent to an activating group) is 1. The van der Waals surface area contributed by atoms with Crippen LogP contribution < -0.4 is 15.2 Å². The molecule has 3 N–H and O–H groups in total. The Bertz CT molecular complexity index is 680. The van der Waals surface area contributed by atoms with Crippen LogP contribution in [-0.2, 0) is 20.7 Å². The molecule has 1 aliphatic rings. The van der Waals surface area contributed by atoms with Crippen molar-refractivity contribution in [3.8, 4) is 11.5 Å². The van der Waals surface area contributed by atoms with Crippen molar-refractivity contribution in [2.45, 2.75) is 51.7 Å². The van der Waals surface area contributed by atoms with E-state index in [1.54, 1.807) is 7.05 Å². The fourth-order valence-electron chi connectivity index (χ4n) is 2.41. The van der Waals surface area contributed by atoms with Crippen molar-refractivity contribution in [1.82, 2.24) is 4.90 Å². The van der Waals surface area contributed by atoms with Crippen molar-refractivity contribution >= 4 is 12.1 Å². The fraction of sp³-hybridized carbons (Fsp3) is 0.556. The summed E-state index contributed by atoms with van der Waals surface area (Å²) in [4.78, 5) is 25.3. The number of nitrogens with zero attached hydrogens (tertiary/aromatic N) is 1. The van der Waals surface area contributed by atoms with E-state index >= 15 is 0 Å². The van der Waals surface area contributed by atoms with Gasteiger partial charge in [0.25, 0.3) is 0 Å². The number of ether oxygens (including phenoxy) is 4. The number of fused-ring (bicyclic) bond motifs is 1. The predicted molar refractivity (Wildman–Crippen MR) is 95.2 cm³/mol. The second-order valence-electron chi connectivity index (χ2n) is 6.51. The average molecular weight is 382 g/mol. The van der Waals surface area contributed by atoms with Crippen LogP contribution in [0.1, 0.15) is 26.3 Å². The van der Waals surface area contributed by atoms with Crippen molar-refractivity contribution in [2.24, 2.45) is 5.73 Å². The highest BCUT2D eigenvalue weighted by molar-refractivity contribution is 5.76. The van der Waals surface area contributed by atoms with E-state index in [4.69, 9.17) is 24.7 Å². The average Bonchev–Trinajstić information content (AvgIpc) is 3.07. The van der Waals surface area contributed by atoms with Crippen molar-refractivity contribution in [3.05, 3.63) is 23.8 Å². The molecule has 9 nitrogen and oxygen atoms in total. The van der Waals surface area contributed by atoms with E-state index < -0.39 is 30.5 Å². The Morgan fingerprint density at radius 3 is 2.56 bits per heavy atom. The van der Waals surface area contributed by atoms with E-state index in [0.29, 0.717) is 17.9 Å². The predicted octanol–water partition coefficient (Wildman–Crippen LogP) is 1.01. The van der Waals surface area contributed by atoms with E-state index in [-0.39, 0.29) is 12.8 Å².